The minimum atomic E-state index is 0.249. The lowest BCUT2D eigenvalue weighted by Crippen LogP contribution is -1.95. The summed E-state index contributed by atoms with van der Waals surface area (Å²) in [5, 5.41) is 10.7. The first-order chi connectivity index (χ1) is 11.7. The summed E-state index contributed by atoms with van der Waals surface area (Å²) < 4.78 is 0. The highest BCUT2D eigenvalue weighted by Gasteiger charge is 2.09. The molecule has 0 spiro atoms. The van der Waals surface area contributed by atoms with E-state index in [1.165, 1.54) is 0 Å². The van der Waals surface area contributed by atoms with E-state index in [1.807, 2.05) is 36.7 Å². The Morgan fingerprint density at radius 2 is 1.79 bits per heavy atom. The minimum absolute atomic E-state index is 0.249. The number of aromatic amines is 1. The van der Waals surface area contributed by atoms with E-state index in [0.717, 1.165) is 38.9 Å². The highest BCUT2D eigenvalue weighted by molar-refractivity contribution is 5.95. The van der Waals surface area contributed by atoms with Crippen LogP contribution in [0.25, 0.3) is 33.3 Å². The van der Waals surface area contributed by atoms with E-state index in [4.69, 9.17) is 5.73 Å². The Hall–Kier alpha value is -3.11. The molecule has 0 aliphatic heterocycles. The van der Waals surface area contributed by atoms with Gasteiger partial charge in [0.05, 0.1) is 0 Å². The summed E-state index contributed by atoms with van der Waals surface area (Å²) >= 11 is 0. The van der Waals surface area contributed by atoms with Crippen molar-refractivity contribution >= 4 is 11.0 Å². The number of nitrogens with zero attached hydrogens (tertiary/aromatic N) is 1. The van der Waals surface area contributed by atoms with Crippen molar-refractivity contribution in [3.05, 3.63) is 72.6 Å². The Kier molecular flexibility index (Phi) is 3.52. The number of phenols is 1. The van der Waals surface area contributed by atoms with Gasteiger partial charge in [-0.05, 0) is 34.9 Å². The number of nitrogens with one attached hydrogen (secondary N) is 1. The molecule has 0 radical (unpaired) electrons. The van der Waals surface area contributed by atoms with Crippen molar-refractivity contribution in [2.75, 3.05) is 0 Å². The number of aromatic nitrogens is 2. The summed E-state index contributed by atoms with van der Waals surface area (Å²) in [5.74, 6) is 0.249. The van der Waals surface area contributed by atoms with E-state index in [0.29, 0.717) is 6.54 Å². The number of rotatable bonds is 3. The molecule has 4 heteroatoms. The molecule has 0 aliphatic carbocycles. The number of fused-ring (bicyclic) bond motifs is 1. The molecule has 0 saturated heterocycles. The highest BCUT2D eigenvalue weighted by Crippen LogP contribution is 2.31. The zero-order valence-corrected chi connectivity index (χ0v) is 13.0. The molecule has 0 fully saturated rings. The lowest BCUT2D eigenvalue weighted by Gasteiger charge is -2.05. The first kappa shape index (κ1) is 14.5. The minimum Gasteiger partial charge on any atom is -0.508 e. The number of phenolic OH excluding ortho intramolecular Hbond substituents is 1. The first-order valence-corrected chi connectivity index (χ1v) is 7.80. The van der Waals surface area contributed by atoms with Gasteiger partial charge in [0.15, 0.2) is 0 Å². The Labute approximate surface area is 139 Å². The first-order valence-electron chi connectivity index (χ1n) is 7.80. The highest BCUT2D eigenvalue weighted by atomic mass is 16.3. The summed E-state index contributed by atoms with van der Waals surface area (Å²) in [6, 6.07) is 17.5. The van der Waals surface area contributed by atoms with E-state index < -0.39 is 0 Å². The normalized spacial score (nSPS) is 11.0. The van der Waals surface area contributed by atoms with Gasteiger partial charge in [0.25, 0.3) is 0 Å². The second-order valence-corrected chi connectivity index (χ2v) is 5.77. The molecule has 0 atom stereocenters. The number of nitrogens with two attached hydrogens (primary N) is 1. The maximum Gasteiger partial charge on any atom is 0.137 e. The van der Waals surface area contributed by atoms with Crippen molar-refractivity contribution in [2.45, 2.75) is 6.54 Å². The molecule has 2 aromatic carbocycles. The van der Waals surface area contributed by atoms with Gasteiger partial charge in [-0.1, -0.05) is 36.4 Å². The topological polar surface area (TPSA) is 74.9 Å². The molecule has 118 valence electrons. The van der Waals surface area contributed by atoms with Crippen LogP contribution in [0.4, 0.5) is 0 Å². The molecular weight excluding hydrogens is 298 g/mol. The number of pyridine rings is 1. The van der Waals surface area contributed by atoms with Gasteiger partial charge in [-0.15, -0.1) is 0 Å². The molecule has 4 N–H and O–H groups in total. The molecule has 4 nitrogen and oxygen atoms in total. The number of aromatic hydroxyl groups is 1. The standard InChI is InChI=1S/C20H17N3O/c21-10-13-4-6-14(7-5-13)19-12-23-20-18(19)9-16(11-22-20)15-2-1-3-17(24)8-15/h1-9,11-12,24H,10,21H2,(H,22,23). The Morgan fingerprint density at radius 1 is 0.958 bits per heavy atom. The quantitative estimate of drug-likeness (QED) is 0.533. The van der Waals surface area contributed by atoms with Gasteiger partial charge in [0, 0.05) is 35.5 Å². The Bertz CT molecular complexity index is 1000. The van der Waals surface area contributed by atoms with Gasteiger partial charge >= 0.3 is 0 Å². The van der Waals surface area contributed by atoms with Crippen LogP contribution in [0.1, 0.15) is 5.56 Å². The van der Waals surface area contributed by atoms with Gasteiger partial charge < -0.3 is 15.8 Å². The molecular formula is C20H17N3O. The Morgan fingerprint density at radius 3 is 2.54 bits per heavy atom. The van der Waals surface area contributed by atoms with Crippen LogP contribution in [0, 0.1) is 0 Å². The summed E-state index contributed by atoms with van der Waals surface area (Å²) in [6.07, 6.45) is 3.79. The van der Waals surface area contributed by atoms with Gasteiger partial charge in [-0.2, -0.15) is 0 Å². The monoisotopic (exact) mass is 315 g/mol. The van der Waals surface area contributed by atoms with Crippen molar-refractivity contribution in [1.82, 2.24) is 9.97 Å². The molecule has 2 heterocycles. The summed E-state index contributed by atoms with van der Waals surface area (Å²) in [7, 11) is 0. The van der Waals surface area contributed by atoms with Crippen molar-refractivity contribution in [2.24, 2.45) is 5.73 Å². The fraction of sp³-hybridized carbons (Fsp3) is 0.0500. The molecule has 4 rings (SSSR count). The number of H-pyrrole nitrogens is 1. The molecule has 2 aromatic heterocycles. The maximum absolute atomic E-state index is 9.69. The third-order valence-corrected chi connectivity index (χ3v) is 4.21. The van der Waals surface area contributed by atoms with Crippen LogP contribution in [0.2, 0.25) is 0 Å². The maximum atomic E-state index is 9.69. The smallest absolute Gasteiger partial charge is 0.137 e. The van der Waals surface area contributed by atoms with E-state index in [1.54, 1.807) is 12.1 Å². The molecule has 0 amide bonds. The number of hydrogen-bond acceptors (Lipinski definition) is 3. The van der Waals surface area contributed by atoms with Crippen LogP contribution in [0.5, 0.6) is 5.75 Å². The van der Waals surface area contributed by atoms with E-state index in [-0.39, 0.29) is 5.75 Å². The van der Waals surface area contributed by atoms with Gasteiger partial charge in [0.1, 0.15) is 11.4 Å². The lowest BCUT2D eigenvalue weighted by molar-refractivity contribution is 0.475. The SMILES string of the molecule is NCc1ccc(-c2c[nH]c3ncc(-c4cccc(O)c4)cc23)cc1. The Balaban J connectivity index is 1.83. The molecule has 0 saturated carbocycles. The molecule has 4 aromatic rings. The molecule has 0 aliphatic rings. The van der Waals surface area contributed by atoms with Crippen molar-refractivity contribution in [3.63, 3.8) is 0 Å². The van der Waals surface area contributed by atoms with Crippen molar-refractivity contribution in [3.8, 4) is 28.0 Å². The van der Waals surface area contributed by atoms with Crippen molar-refractivity contribution < 1.29 is 5.11 Å². The van der Waals surface area contributed by atoms with Gasteiger partial charge in [-0.25, -0.2) is 4.98 Å². The predicted molar refractivity (Wildman–Crippen MR) is 96.5 cm³/mol. The molecule has 0 unspecified atom stereocenters. The van der Waals surface area contributed by atoms with Crippen LogP contribution in [0.15, 0.2) is 67.0 Å². The lowest BCUT2D eigenvalue weighted by atomic mass is 10.0. The second-order valence-electron chi connectivity index (χ2n) is 5.77. The zero-order chi connectivity index (χ0) is 16.5. The number of benzene rings is 2. The average molecular weight is 315 g/mol. The van der Waals surface area contributed by atoms with E-state index >= 15 is 0 Å². The van der Waals surface area contributed by atoms with Crippen molar-refractivity contribution in [1.29, 1.82) is 0 Å². The summed E-state index contributed by atoms with van der Waals surface area (Å²) in [5.41, 5.74) is 11.8. The van der Waals surface area contributed by atoms with E-state index in [2.05, 4.69) is 28.2 Å². The van der Waals surface area contributed by atoms with Crippen LogP contribution in [0.3, 0.4) is 0 Å². The third-order valence-electron chi connectivity index (χ3n) is 4.21. The predicted octanol–water partition coefficient (Wildman–Crippen LogP) is 4.06. The van der Waals surface area contributed by atoms with E-state index in [9.17, 15) is 5.11 Å². The van der Waals surface area contributed by atoms with Gasteiger partial charge in [0.2, 0.25) is 0 Å². The summed E-state index contributed by atoms with van der Waals surface area (Å²) in [6.45, 7) is 0.539. The third kappa shape index (κ3) is 2.53. The molecule has 0 bridgehead atoms. The zero-order valence-electron chi connectivity index (χ0n) is 13.0. The largest absolute Gasteiger partial charge is 0.508 e. The van der Waals surface area contributed by atoms with Gasteiger partial charge in [-0.3, -0.25) is 0 Å². The van der Waals surface area contributed by atoms with Crippen LogP contribution >= 0.6 is 0 Å². The van der Waals surface area contributed by atoms with Crippen LogP contribution in [-0.4, -0.2) is 15.1 Å². The second kappa shape index (κ2) is 5.83. The fourth-order valence-electron chi connectivity index (χ4n) is 2.91. The summed E-state index contributed by atoms with van der Waals surface area (Å²) in [4.78, 5) is 7.73. The van der Waals surface area contributed by atoms with Crippen LogP contribution < -0.4 is 5.73 Å². The fourth-order valence-corrected chi connectivity index (χ4v) is 2.91. The molecule has 24 heavy (non-hydrogen) atoms. The number of hydrogen-bond donors (Lipinski definition) is 3. The average Bonchev–Trinajstić information content (AvgIpc) is 3.05. The van der Waals surface area contributed by atoms with Crippen LogP contribution in [-0.2, 0) is 6.54 Å².